The Kier molecular flexibility index (Phi) is 9.02. The first-order chi connectivity index (χ1) is 17.8. The Labute approximate surface area is 232 Å². The maximum absolute atomic E-state index is 13.3. The molecule has 10 heteroatoms. The lowest BCUT2D eigenvalue weighted by Crippen LogP contribution is -2.44. The van der Waals surface area contributed by atoms with Gasteiger partial charge in [-0.1, -0.05) is 57.5 Å². The SMILES string of the molecule is CCOC(=O)c1ccc(N=C2SC(C(=O)Nc3ccc(Br)cc3)CC(=O)N2Cc2ccccc2Cl)cc1. The summed E-state index contributed by atoms with van der Waals surface area (Å²) in [5.74, 6) is -0.950. The smallest absolute Gasteiger partial charge is 0.338 e. The molecule has 3 aromatic carbocycles. The zero-order valence-corrected chi connectivity index (χ0v) is 23.0. The van der Waals surface area contributed by atoms with Gasteiger partial charge >= 0.3 is 5.97 Å². The third-order valence-electron chi connectivity index (χ3n) is 5.43. The number of halogens is 2. The van der Waals surface area contributed by atoms with Gasteiger partial charge in [0.1, 0.15) is 5.25 Å². The number of esters is 1. The molecule has 37 heavy (non-hydrogen) atoms. The van der Waals surface area contributed by atoms with Gasteiger partial charge in [-0.15, -0.1) is 0 Å². The molecule has 1 heterocycles. The van der Waals surface area contributed by atoms with Gasteiger partial charge in [-0.05, 0) is 67.1 Å². The Morgan fingerprint density at radius 2 is 1.81 bits per heavy atom. The van der Waals surface area contributed by atoms with Crippen molar-refractivity contribution >= 4 is 73.6 Å². The zero-order valence-electron chi connectivity index (χ0n) is 19.8. The number of anilines is 1. The molecule has 1 saturated heterocycles. The monoisotopic (exact) mass is 599 g/mol. The molecule has 1 aliphatic rings. The summed E-state index contributed by atoms with van der Waals surface area (Å²) >= 11 is 10.9. The number of hydrogen-bond acceptors (Lipinski definition) is 6. The van der Waals surface area contributed by atoms with Gasteiger partial charge in [-0.2, -0.15) is 0 Å². The van der Waals surface area contributed by atoms with Gasteiger partial charge in [0.2, 0.25) is 11.8 Å². The van der Waals surface area contributed by atoms with E-state index >= 15 is 0 Å². The molecule has 190 valence electrons. The Morgan fingerprint density at radius 3 is 2.49 bits per heavy atom. The van der Waals surface area contributed by atoms with Crippen molar-refractivity contribution in [2.45, 2.75) is 25.1 Å². The molecule has 4 rings (SSSR count). The molecule has 1 unspecified atom stereocenters. The summed E-state index contributed by atoms with van der Waals surface area (Å²) in [5, 5.41) is 3.11. The maximum Gasteiger partial charge on any atom is 0.338 e. The van der Waals surface area contributed by atoms with Crippen molar-refractivity contribution in [1.82, 2.24) is 4.90 Å². The van der Waals surface area contributed by atoms with Gasteiger partial charge in [0.05, 0.1) is 24.4 Å². The van der Waals surface area contributed by atoms with Crippen LogP contribution in [0.25, 0.3) is 0 Å². The summed E-state index contributed by atoms with van der Waals surface area (Å²) in [6.07, 6.45) is 0.0122. The Hall–Kier alpha value is -3.14. The van der Waals surface area contributed by atoms with Gasteiger partial charge in [-0.25, -0.2) is 9.79 Å². The van der Waals surface area contributed by atoms with Crippen LogP contribution >= 0.6 is 39.3 Å². The number of nitrogens with zero attached hydrogens (tertiary/aromatic N) is 2. The van der Waals surface area contributed by atoms with Crippen molar-refractivity contribution in [3.8, 4) is 0 Å². The number of carbonyl (C=O) groups is 3. The van der Waals surface area contributed by atoms with Crippen LogP contribution in [0.1, 0.15) is 29.3 Å². The fourth-order valence-corrected chi connectivity index (χ4v) is 5.10. The molecule has 1 fully saturated rings. The number of hydrogen-bond donors (Lipinski definition) is 1. The number of benzene rings is 3. The van der Waals surface area contributed by atoms with Crippen molar-refractivity contribution < 1.29 is 19.1 Å². The third kappa shape index (κ3) is 7.00. The topological polar surface area (TPSA) is 88.1 Å². The number of carbonyl (C=O) groups excluding carboxylic acids is 3. The lowest BCUT2D eigenvalue weighted by atomic mass is 10.2. The van der Waals surface area contributed by atoms with Gasteiger partial charge in [0, 0.05) is 21.6 Å². The summed E-state index contributed by atoms with van der Waals surface area (Å²) in [6.45, 7) is 2.24. The second kappa shape index (κ2) is 12.4. The quantitative estimate of drug-likeness (QED) is 0.315. The number of amides is 2. The predicted octanol–water partition coefficient (Wildman–Crippen LogP) is 6.44. The molecular weight excluding hydrogens is 578 g/mol. The van der Waals surface area contributed by atoms with E-state index in [1.54, 1.807) is 49.4 Å². The van der Waals surface area contributed by atoms with E-state index < -0.39 is 11.2 Å². The van der Waals surface area contributed by atoms with Crippen LogP contribution in [0.2, 0.25) is 5.02 Å². The van der Waals surface area contributed by atoms with Crippen LogP contribution in [0.3, 0.4) is 0 Å². The van der Waals surface area contributed by atoms with Crippen molar-refractivity contribution in [2.75, 3.05) is 11.9 Å². The molecular formula is C27H23BrClN3O4S. The number of ether oxygens (including phenoxy) is 1. The van der Waals surface area contributed by atoms with Crippen LogP contribution in [0.4, 0.5) is 11.4 Å². The average Bonchev–Trinajstić information content (AvgIpc) is 2.89. The van der Waals surface area contributed by atoms with Gasteiger partial charge in [0.25, 0.3) is 0 Å². The molecule has 1 N–H and O–H groups in total. The minimum absolute atomic E-state index is 0.0122. The molecule has 0 aromatic heterocycles. The Bertz CT molecular complexity index is 1330. The largest absolute Gasteiger partial charge is 0.462 e. The molecule has 0 spiro atoms. The van der Waals surface area contributed by atoms with E-state index in [0.29, 0.717) is 27.1 Å². The molecule has 1 aliphatic heterocycles. The summed E-state index contributed by atoms with van der Waals surface area (Å²) < 4.78 is 5.93. The van der Waals surface area contributed by atoms with Gasteiger partial charge in [-0.3, -0.25) is 14.5 Å². The number of thioether (sulfide) groups is 1. The highest BCUT2D eigenvalue weighted by molar-refractivity contribution is 9.10. The summed E-state index contributed by atoms with van der Waals surface area (Å²) in [7, 11) is 0. The highest BCUT2D eigenvalue weighted by atomic mass is 79.9. The van der Waals surface area contributed by atoms with Crippen molar-refractivity contribution in [3.05, 3.63) is 93.4 Å². The lowest BCUT2D eigenvalue weighted by Gasteiger charge is -2.32. The minimum atomic E-state index is -0.670. The van der Waals surface area contributed by atoms with Crippen LogP contribution in [0.5, 0.6) is 0 Å². The molecule has 0 saturated carbocycles. The van der Waals surface area contributed by atoms with E-state index in [1.165, 1.54) is 16.7 Å². The fraction of sp³-hybridized carbons (Fsp3) is 0.185. The van der Waals surface area contributed by atoms with E-state index in [2.05, 4.69) is 26.2 Å². The standard InChI is InChI=1S/C27H23BrClN3O4S/c1-2-36-26(35)17-7-11-21(12-8-17)31-27-32(16-18-5-3-4-6-22(18)29)24(33)15-23(37-27)25(34)30-20-13-9-19(28)10-14-20/h3-14,23H,2,15-16H2,1H3,(H,30,34). The maximum atomic E-state index is 13.3. The first-order valence-electron chi connectivity index (χ1n) is 11.5. The van der Waals surface area contributed by atoms with Crippen molar-refractivity contribution in [2.24, 2.45) is 4.99 Å². The average molecular weight is 601 g/mol. The first-order valence-corrected chi connectivity index (χ1v) is 13.5. The van der Waals surface area contributed by atoms with Gasteiger partial charge in [0.15, 0.2) is 5.17 Å². The highest BCUT2D eigenvalue weighted by Gasteiger charge is 2.36. The summed E-state index contributed by atoms with van der Waals surface area (Å²) in [5.41, 5.74) is 2.33. The van der Waals surface area contributed by atoms with Crippen LogP contribution in [0, 0.1) is 0 Å². The summed E-state index contributed by atoms with van der Waals surface area (Å²) in [6, 6.07) is 21.1. The van der Waals surface area contributed by atoms with Gasteiger partial charge < -0.3 is 10.1 Å². The third-order valence-corrected chi connectivity index (χ3v) is 7.52. The second-order valence-electron chi connectivity index (χ2n) is 8.04. The zero-order chi connectivity index (χ0) is 26.4. The Balaban J connectivity index is 1.61. The molecule has 0 bridgehead atoms. The fourth-order valence-electron chi connectivity index (χ4n) is 3.55. The van der Waals surface area contributed by atoms with Crippen molar-refractivity contribution in [1.29, 1.82) is 0 Å². The van der Waals surface area contributed by atoms with E-state index in [-0.39, 0.29) is 31.4 Å². The number of aliphatic imine (C=N–C) groups is 1. The molecule has 2 amide bonds. The molecule has 3 aromatic rings. The number of rotatable bonds is 7. The lowest BCUT2D eigenvalue weighted by molar-refractivity contribution is -0.129. The Morgan fingerprint density at radius 1 is 1.11 bits per heavy atom. The van der Waals surface area contributed by atoms with Crippen molar-refractivity contribution in [3.63, 3.8) is 0 Å². The van der Waals surface area contributed by atoms with E-state index in [1.807, 2.05) is 30.3 Å². The predicted molar refractivity (Wildman–Crippen MR) is 150 cm³/mol. The van der Waals surface area contributed by atoms with Crippen LogP contribution in [-0.2, 0) is 20.9 Å². The van der Waals surface area contributed by atoms with E-state index in [0.717, 1.165) is 10.0 Å². The summed E-state index contributed by atoms with van der Waals surface area (Å²) in [4.78, 5) is 44.5. The van der Waals surface area contributed by atoms with Crippen LogP contribution < -0.4 is 5.32 Å². The molecule has 0 radical (unpaired) electrons. The van der Waals surface area contributed by atoms with E-state index in [9.17, 15) is 14.4 Å². The minimum Gasteiger partial charge on any atom is -0.462 e. The normalized spacial score (nSPS) is 16.5. The first kappa shape index (κ1) is 26.9. The van der Waals surface area contributed by atoms with Crippen LogP contribution in [-0.4, -0.2) is 39.7 Å². The molecule has 1 atom stereocenters. The van der Waals surface area contributed by atoms with E-state index in [4.69, 9.17) is 16.3 Å². The van der Waals surface area contributed by atoms with Crippen LogP contribution in [0.15, 0.2) is 82.3 Å². The molecule has 0 aliphatic carbocycles. The highest BCUT2D eigenvalue weighted by Crippen LogP contribution is 2.32. The second-order valence-corrected chi connectivity index (χ2v) is 10.5. The number of amidine groups is 1. The molecule has 7 nitrogen and oxygen atoms in total. The number of nitrogens with one attached hydrogen (secondary N) is 1.